The van der Waals surface area contributed by atoms with E-state index in [4.69, 9.17) is 0 Å². The Morgan fingerprint density at radius 2 is 0.904 bits per heavy atom. The Morgan fingerprint density at radius 1 is 0.558 bits per heavy atom. The Bertz CT molecular complexity index is 1660. The normalized spacial score (nSPS) is 20.4. The molecule has 52 heavy (non-hydrogen) atoms. The van der Waals surface area contributed by atoms with E-state index < -0.39 is 0 Å². The third kappa shape index (κ3) is 7.35. The van der Waals surface area contributed by atoms with Crippen molar-refractivity contribution in [2.45, 2.75) is 174 Å². The van der Waals surface area contributed by atoms with Gasteiger partial charge in [0.15, 0.2) is 0 Å². The number of allylic oxidation sites excluding steroid dienone is 2. The molecule has 3 heteroatoms. The molecule has 0 spiro atoms. The molecule has 7 rings (SSSR count). The minimum Gasteiger partial charge on any atom is -0.443 e. The molecule has 3 aliphatic carbocycles. The van der Waals surface area contributed by atoms with E-state index in [1.807, 2.05) is 0 Å². The van der Waals surface area contributed by atoms with Crippen LogP contribution in [0.15, 0.2) is 65.9 Å². The molecule has 2 bridgehead atoms. The van der Waals surface area contributed by atoms with Crippen LogP contribution in [0.1, 0.15) is 193 Å². The summed E-state index contributed by atoms with van der Waals surface area (Å²) in [6.07, 6.45) is 5.33. The summed E-state index contributed by atoms with van der Waals surface area (Å²) in [7, 11) is 0. The van der Waals surface area contributed by atoms with Gasteiger partial charge in [-0.05, 0) is 127 Å². The summed E-state index contributed by atoms with van der Waals surface area (Å²) < 4.78 is 2.84. The van der Waals surface area contributed by atoms with E-state index in [-0.39, 0.29) is 60.2 Å². The first kappa shape index (κ1) is 41.5. The minimum atomic E-state index is -0.221. The van der Waals surface area contributed by atoms with Gasteiger partial charge in [-0.3, -0.25) is 0 Å². The van der Waals surface area contributed by atoms with Crippen LogP contribution in [0.25, 0.3) is 0 Å². The molecule has 1 nitrogen and oxygen atoms in total. The number of fused-ring (bicyclic) bond motifs is 2. The summed E-state index contributed by atoms with van der Waals surface area (Å²) in [5, 5.41) is 0. The van der Waals surface area contributed by atoms with Crippen molar-refractivity contribution in [3.05, 3.63) is 110 Å². The summed E-state index contributed by atoms with van der Waals surface area (Å²) in [5.41, 5.74) is 17.3. The first-order valence-electron chi connectivity index (χ1n) is 20.3. The summed E-state index contributed by atoms with van der Waals surface area (Å²) in [6.45, 7) is 38.6. The Balaban J connectivity index is 0.00000523. The fourth-order valence-corrected chi connectivity index (χ4v) is 11.8. The summed E-state index contributed by atoms with van der Waals surface area (Å²) >= 11 is -0.221. The third-order valence-electron chi connectivity index (χ3n) is 12.6. The maximum atomic E-state index is 3.01. The van der Waals surface area contributed by atoms with Gasteiger partial charge in [-0.25, -0.2) is 0 Å². The van der Waals surface area contributed by atoms with Gasteiger partial charge in [0.1, 0.15) is 0 Å². The molecule has 0 saturated heterocycles. The molecule has 0 aromatic heterocycles. The molecular weight excluding hydrogens is 636 g/mol. The van der Waals surface area contributed by atoms with Crippen molar-refractivity contribution in [1.29, 1.82) is 0 Å². The van der Waals surface area contributed by atoms with Crippen molar-refractivity contribution < 1.29 is 0 Å². The summed E-state index contributed by atoms with van der Waals surface area (Å²) in [6, 6.07) is 23.0. The van der Waals surface area contributed by atoms with Crippen LogP contribution in [0.5, 0.6) is 0 Å². The number of hydrogen-bond donors (Lipinski definition) is 0. The fourth-order valence-electron chi connectivity index (χ4n) is 9.31. The van der Waals surface area contributed by atoms with Gasteiger partial charge in [0.05, 0.1) is 0 Å². The summed E-state index contributed by atoms with van der Waals surface area (Å²) in [5.74, 6) is 2.20. The first-order chi connectivity index (χ1) is 23.4. The topological polar surface area (TPSA) is 3.24 Å². The first-order valence-corrected chi connectivity index (χ1v) is 21.4. The molecule has 3 aromatic rings. The predicted octanol–water partition coefficient (Wildman–Crippen LogP) is 13.2. The van der Waals surface area contributed by atoms with Crippen LogP contribution in [-0.4, -0.2) is 34.3 Å². The molecule has 0 unspecified atom stereocenters. The zero-order valence-corrected chi connectivity index (χ0v) is 37.5. The molecule has 0 amide bonds. The van der Waals surface area contributed by atoms with Gasteiger partial charge in [0.25, 0.3) is 0 Å². The smallest absolute Gasteiger partial charge is 0.399 e. The monoisotopic (exact) mass is 706 g/mol. The van der Waals surface area contributed by atoms with Gasteiger partial charge >= 0.3 is 15.4 Å². The standard InChI is InChI=1S/C49H69N.Al.Li/c1-30(2)40-18-17-19-41(31(3)4)45(40)50-44-33-22-20-32(21-23-33)43(44)42(34-24-36(46(5,6)7)28-37(25-34)47(8,9)10)35-26-38(48(11,12)13)29-39(27-35)49(14,15)16;;/h17-19,24-33H,20-23H2,1-16H3;;/q-1;+1;. The van der Waals surface area contributed by atoms with E-state index in [9.17, 15) is 0 Å². The van der Waals surface area contributed by atoms with Gasteiger partial charge < -0.3 is 3.88 Å². The molecule has 1 heterocycles. The van der Waals surface area contributed by atoms with Crippen molar-refractivity contribution in [3.63, 3.8) is 0 Å². The average Bonchev–Trinajstić information content (AvgIpc) is 3.42. The van der Waals surface area contributed by atoms with Crippen LogP contribution < -0.4 is 3.88 Å². The van der Waals surface area contributed by atoms with Crippen LogP contribution in [-0.2, 0) is 25.9 Å². The number of hydrogen-bond acceptors (Lipinski definition) is 1. The number of benzene rings is 3. The van der Waals surface area contributed by atoms with Crippen molar-refractivity contribution >= 4 is 40.0 Å². The molecule has 0 N–H and O–H groups in total. The molecule has 1 saturated carbocycles. The van der Waals surface area contributed by atoms with Gasteiger partial charge in [-0.1, -0.05) is 165 Å². The van der Waals surface area contributed by atoms with Crippen LogP contribution in [0, 0.1) is 11.8 Å². The second kappa shape index (κ2) is 14.1. The zero-order chi connectivity index (χ0) is 37.6. The van der Waals surface area contributed by atoms with Gasteiger partial charge in [0, 0.05) is 28.8 Å². The van der Waals surface area contributed by atoms with E-state index in [1.54, 1.807) is 28.1 Å². The van der Waals surface area contributed by atoms with Crippen molar-refractivity contribution in [3.8, 4) is 0 Å². The Labute approximate surface area is 338 Å². The predicted molar refractivity (Wildman–Crippen MR) is 230 cm³/mol. The Morgan fingerprint density at radius 3 is 1.23 bits per heavy atom. The minimum absolute atomic E-state index is 0. The van der Waals surface area contributed by atoms with Gasteiger partial charge in [0.2, 0.25) is 0 Å². The van der Waals surface area contributed by atoms with Crippen LogP contribution in [0.4, 0.5) is 5.69 Å². The van der Waals surface area contributed by atoms with E-state index in [2.05, 4.69) is 169 Å². The van der Waals surface area contributed by atoms with E-state index >= 15 is 0 Å². The molecule has 2 radical (unpaired) electrons. The number of nitrogens with zero attached hydrogens (tertiary/aromatic N) is 1. The largest absolute Gasteiger partial charge is 0.443 e. The maximum absolute atomic E-state index is 3.01. The maximum Gasteiger partial charge on any atom is 0.399 e. The number of para-hydroxylation sites is 1. The molecule has 1 aliphatic heterocycles. The molecule has 3 aromatic carbocycles. The van der Waals surface area contributed by atoms with E-state index in [0.717, 1.165) is 0 Å². The van der Waals surface area contributed by atoms with E-state index in [0.29, 0.717) is 23.7 Å². The second-order valence-electron chi connectivity index (χ2n) is 21.3. The third-order valence-corrected chi connectivity index (χ3v) is 14.8. The van der Waals surface area contributed by atoms with Gasteiger partial charge in [-0.15, -0.1) is 0 Å². The number of rotatable bonds is 5. The molecule has 1 fully saturated rings. The van der Waals surface area contributed by atoms with Crippen molar-refractivity contribution in [2.75, 3.05) is 3.88 Å². The average molecular weight is 706 g/mol. The Hall–Kier alpha value is -1.67. The number of anilines is 1. The van der Waals surface area contributed by atoms with Crippen molar-refractivity contribution in [1.82, 2.24) is 0 Å². The van der Waals surface area contributed by atoms with E-state index in [1.165, 1.54) is 59.1 Å². The quantitative estimate of drug-likeness (QED) is 0.239. The molecule has 4 aliphatic rings. The fraction of sp³-hybridized carbons (Fsp3) is 0.592. The zero-order valence-electron chi connectivity index (χ0n) is 36.4. The van der Waals surface area contributed by atoms with Gasteiger partial charge in [-0.2, -0.15) is 0 Å². The van der Waals surface area contributed by atoms with Crippen LogP contribution in [0.2, 0.25) is 0 Å². The SMILES string of the molecule is CC(C)c1cccc(C(C)C)c1[N]1[Al][C](c2cc(C(C)(C)C)cc(C(C)(C)C)c2)(c2cc(C(C)(C)C)cc(C(C)(C)C)c2)C2=C1C1CCC2CC1.[Li]. The molecular formula is C49H69AlLiN. The second-order valence-corrected chi connectivity index (χ2v) is 23.0. The Kier molecular flexibility index (Phi) is 11.3. The van der Waals surface area contributed by atoms with Crippen LogP contribution in [0.3, 0.4) is 0 Å². The molecule has 274 valence electrons. The molecule has 0 atom stereocenters. The summed E-state index contributed by atoms with van der Waals surface area (Å²) in [4.78, 5) is 0. The van der Waals surface area contributed by atoms with Crippen LogP contribution >= 0.6 is 0 Å². The van der Waals surface area contributed by atoms with Crippen molar-refractivity contribution in [2.24, 2.45) is 11.8 Å².